The summed E-state index contributed by atoms with van der Waals surface area (Å²) in [7, 11) is 0. The summed E-state index contributed by atoms with van der Waals surface area (Å²) < 4.78 is 17.9. The average Bonchev–Trinajstić information content (AvgIpc) is 3.53. The Balaban J connectivity index is 1.63. The van der Waals surface area contributed by atoms with Crippen LogP contribution in [0.3, 0.4) is 0 Å². The molecule has 0 aromatic heterocycles. The molecule has 0 spiro atoms. The molecular weight excluding hydrogens is 665 g/mol. The highest BCUT2D eigenvalue weighted by molar-refractivity contribution is 5.89. The van der Waals surface area contributed by atoms with E-state index in [0.717, 1.165) is 35.3 Å². The van der Waals surface area contributed by atoms with Gasteiger partial charge in [0.1, 0.15) is 28.6 Å². The second-order valence-corrected chi connectivity index (χ2v) is 17.7. The molecule has 8 nitrogen and oxygen atoms in total. The lowest BCUT2D eigenvalue weighted by Crippen LogP contribution is -2.51. The predicted molar refractivity (Wildman–Crippen MR) is 210 cm³/mol. The van der Waals surface area contributed by atoms with Crippen molar-refractivity contribution in [3.05, 3.63) is 102 Å². The summed E-state index contributed by atoms with van der Waals surface area (Å²) in [5, 5.41) is 3.14. The monoisotopic (exact) mass is 726 g/mol. The standard InChI is InChI=1S/C45H62N2O6/c1-42(2,3)51-37-24-22-33(23-25-37)28-38(40(49)53-44(7,8)9)46-41(50)45(26-16-17-27-45)29-36(39(48)52-43(4,5)6)32-47(30-34-18-12-10-13-19-34)31-35-20-14-11-15-21-35/h10-15,18-25,36,38H,16-17,26-32H2,1-9H3,(H,46,50)/t36?,38-/m0/s1. The van der Waals surface area contributed by atoms with Crippen molar-refractivity contribution >= 4 is 17.8 Å². The number of rotatable bonds is 15. The van der Waals surface area contributed by atoms with Crippen molar-refractivity contribution in [1.29, 1.82) is 0 Å². The third-order valence-corrected chi connectivity index (χ3v) is 9.18. The number of hydrogen-bond acceptors (Lipinski definition) is 7. The molecule has 1 aliphatic carbocycles. The van der Waals surface area contributed by atoms with E-state index in [4.69, 9.17) is 14.2 Å². The second kappa shape index (κ2) is 17.8. The van der Waals surface area contributed by atoms with E-state index in [9.17, 15) is 14.4 Å². The van der Waals surface area contributed by atoms with Crippen LogP contribution in [0.4, 0.5) is 0 Å². The third kappa shape index (κ3) is 14.0. The van der Waals surface area contributed by atoms with Gasteiger partial charge in [-0.25, -0.2) is 4.79 Å². The van der Waals surface area contributed by atoms with Gasteiger partial charge in [-0.2, -0.15) is 0 Å². The van der Waals surface area contributed by atoms with Crippen molar-refractivity contribution in [2.45, 2.75) is 137 Å². The van der Waals surface area contributed by atoms with E-state index < -0.39 is 34.5 Å². The predicted octanol–water partition coefficient (Wildman–Crippen LogP) is 8.84. The molecule has 1 unspecified atom stereocenters. The van der Waals surface area contributed by atoms with Crippen LogP contribution in [0, 0.1) is 11.3 Å². The minimum Gasteiger partial charge on any atom is -0.488 e. The molecule has 1 aliphatic rings. The van der Waals surface area contributed by atoms with Crippen molar-refractivity contribution in [3.63, 3.8) is 0 Å². The van der Waals surface area contributed by atoms with E-state index in [1.807, 2.05) is 123 Å². The second-order valence-electron chi connectivity index (χ2n) is 17.7. The molecule has 0 saturated heterocycles. The third-order valence-electron chi connectivity index (χ3n) is 9.18. The molecule has 0 radical (unpaired) electrons. The van der Waals surface area contributed by atoms with Crippen molar-refractivity contribution in [1.82, 2.24) is 10.2 Å². The number of carbonyl (C=O) groups excluding carboxylic acids is 3. The number of hydrogen-bond donors (Lipinski definition) is 1. The number of carbonyl (C=O) groups is 3. The number of ether oxygens (including phenoxy) is 3. The Hall–Kier alpha value is -4.17. The Labute approximate surface area is 318 Å². The smallest absolute Gasteiger partial charge is 0.329 e. The molecule has 53 heavy (non-hydrogen) atoms. The van der Waals surface area contributed by atoms with Gasteiger partial charge >= 0.3 is 11.9 Å². The minimum absolute atomic E-state index is 0.218. The van der Waals surface area contributed by atoms with Gasteiger partial charge < -0.3 is 19.5 Å². The van der Waals surface area contributed by atoms with Crippen molar-refractivity contribution in [3.8, 4) is 5.75 Å². The van der Waals surface area contributed by atoms with Gasteiger partial charge in [-0.1, -0.05) is 85.6 Å². The Bertz CT molecular complexity index is 1570. The van der Waals surface area contributed by atoms with Crippen LogP contribution < -0.4 is 10.1 Å². The maximum Gasteiger partial charge on any atom is 0.329 e. The first kappa shape index (κ1) is 41.6. The highest BCUT2D eigenvalue weighted by Gasteiger charge is 2.46. The molecule has 8 heteroatoms. The lowest BCUT2D eigenvalue weighted by Gasteiger charge is -2.36. The molecule has 1 fully saturated rings. The van der Waals surface area contributed by atoms with Crippen LogP contribution >= 0.6 is 0 Å². The van der Waals surface area contributed by atoms with Gasteiger partial charge in [0.25, 0.3) is 0 Å². The average molecular weight is 727 g/mol. The van der Waals surface area contributed by atoms with Crippen LogP contribution in [0.2, 0.25) is 0 Å². The number of amides is 1. The summed E-state index contributed by atoms with van der Waals surface area (Å²) in [6, 6.07) is 27.1. The summed E-state index contributed by atoms with van der Waals surface area (Å²) in [4.78, 5) is 44.8. The largest absolute Gasteiger partial charge is 0.488 e. The fourth-order valence-electron chi connectivity index (χ4n) is 7.00. The van der Waals surface area contributed by atoms with E-state index in [-0.39, 0.29) is 23.9 Å². The Morgan fingerprint density at radius 1 is 0.660 bits per heavy atom. The number of esters is 2. The SMILES string of the molecule is CC(C)(C)OC(=O)C(CN(Cc1ccccc1)Cc1ccccc1)CC1(C(=O)N[C@@H](Cc2ccc(OC(C)(C)C)cc2)C(=O)OC(C)(C)C)CCCC1. The molecule has 1 N–H and O–H groups in total. The fourth-order valence-corrected chi connectivity index (χ4v) is 7.00. The van der Waals surface area contributed by atoms with Crippen molar-refractivity contribution in [2.24, 2.45) is 11.3 Å². The molecule has 1 amide bonds. The van der Waals surface area contributed by atoms with Crippen LogP contribution in [0.25, 0.3) is 0 Å². The number of nitrogens with zero attached hydrogens (tertiary/aromatic N) is 1. The van der Waals surface area contributed by atoms with Gasteiger partial charge in [-0.05, 0) is 110 Å². The maximum absolute atomic E-state index is 14.7. The highest BCUT2D eigenvalue weighted by atomic mass is 16.6. The Morgan fingerprint density at radius 2 is 1.15 bits per heavy atom. The fraction of sp³-hybridized carbons (Fsp3) is 0.533. The van der Waals surface area contributed by atoms with Gasteiger partial charge in [-0.3, -0.25) is 14.5 Å². The lowest BCUT2D eigenvalue weighted by molar-refractivity contribution is -0.164. The summed E-state index contributed by atoms with van der Waals surface area (Å²) in [6.07, 6.45) is 3.53. The zero-order chi connectivity index (χ0) is 38.9. The van der Waals surface area contributed by atoms with Crippen molar-refractivity contribution < 1.29 is 28.6 Å². The molecule has 0 heterocycles. The van der Waals surface area contributed by atoms with Crippen LogP contribution in [-0.4, -0.2) is 52.1 Å². The normalized spacial score (nSPS) is 15.7. The van der Waals surface area contributed by atoms with E-state index in [1.54, 1.807) is 0 Å². The molecule has 3 aromatic rings. The topological polar surface area (TPSA) is 94.2 Å². The molecule has 1 saturated carbocycles. The van der Waals surface area contributed by atoms with Gasteiger partial charge in [0.05, 0.1) is 11.3 Å². The number of benzene rings is 3. The van der Waals surface area contributed by atoms with E-state index in [0.29, 0.717) is 38.9 Å². The van der Waals surface area contributed by atoms with Crippen LogP contribution in [0.15, 0.2) is 84.9 Å². The first-order chi connectivity index (χ1) is 24.8. The summed E-state index contributed by atoms with van der Waals surface area (Å²) in [5.74, 6) is -0.880. The van der Waals surface area contributed by atoms with Crippen LogP contribution in [0.1, 0.15) is 111 Å². The first-order valence-corrected chi connectivity index (χ1v) is 19.1. The summed E-state index contributed by atoms with van der Waals surface area (Å²) >= 11 is 0. The Kier molecular flexibility index (Phi) is 13.9. The zero-order valence-electron chi connectivity index (χ0n) is 33.5. The van der Waals surface area contributed by atoms with Crippen molar-refractivity contribution in [2.75, 3.05) is 6.54 Å². The molecule has 0 bridgehead atoms. The number of nitrogens with one attached hydrogen (secondary N) is 1. The van der Waals surface area contributed by atoms with E-state index >= 15 is 0 Å². The van der Waals surface area contributed by atoms with Gasteiger partial charge in [0.15, 0.2) is 0 Å². The quantitative estimate of drug-likeness (QED) is 0.157. The zero-order valence-corrected chi connectivity index (χ0v) is 33.5. The van der Waals surface area contributed by atoms with Crippen LogP contribution in [-0.2, 0) is 43.4 Å². The maximum atomic E-state index is 14.7. The molecule has 4 rings (SSSR count). The minimum atomic E-state index is -0.916. The summed E-state index contributed by atoms with van der Waals surface area (Å²) in [6.45, 7) is 18.7. The highest BCUT2D eigenvalue weighted by Crippen LogP contribution is 2.44. The van der Waals surface area contributed by atoms with E-state index in [1.165, 1.54) is 0 Å². The van der Waals surface area contributed by atoms with Gasteiger partial charge in [-0.15, -0.1) is 0 Å². The van der Waals surface area contributed by atoms with Crippen LogP contribution in [0.5, 0.6) is 5.75 Å². The molecule has 0 aliphatic heterocycles. The first-order valence-electron chi connectivity index (χ1n) is 19.1. The summed E-state index contributed by atoms with van der Waals surface area (Å²) in [5.41, 5.74) is 0.513. The molecular formula is C45H62N2O6. The molecule has 3 aromatic carbocycles. The molecule has 2 atom stereocenters. The molecule has 288 valence electrons. The van der Waals surface area contributed by atoms with E-state index in [2.05, 4.69) is 34.5 Å². The Morgan fingerprint density at radius 3 is 1.62 bits per heavy atom. The van der Waals surface area contributed by atoms with Gasteiger partial charge in [0, 0.05) is 26.1 Å². The lowest BCUT2D eigenvalue weighted by atomic mass is 9.76. The van der Waals surface area contributed by atoms with Gasteiger partial charge in [0.2, 0.25) is 5.91 Å².